The first-order valence-electron chi connectivity index (χ1n) is 7.23. The van der Waals surface area contributed by atoms with Crippen LogP contribution < -0.4 is 5.56 Å². The van der Waals surface area contributed by atoms with Crippen LogP contribution in [0.25, 0.3) is 0 Å². The molecule has 0 spiro atoms. The molecule has 3 heterocycles. The Hall–Kier alpha value is -1.62. The summed E-state index contributed by atoms with van der Waals surface area (Å²) < 4.78 is 1.64. The molecule has 2 aliphatic rings. The molecule has 2 saturated heterocycles. The average molecular weight is 276 g/mol. The Balaban J connectivity index is 1.92. The fraction of sp³-hybridized carbons (Fsp3) is 0.600. The van der Waals surface area contributed by atoms with E-state index in [0.717, 1.165) is 12.8 Å². The van der Waals surface area contributed by atoms with Crippen LogP contribution in [0.2, 0.25) is 0 Å². The quantitative estimate of drug-likeness (QED) is 0.893. The minimum atomic E-state index is -0.980. The Labute approximate surface area is 117 Å². The van der Waals surface area contributed by atoms with Gasteiger partial charge in [0.1, 0.15) is 0 Å². The molecule has 2 aliphatic heterocycles. The molecule has 108 valence electrons. The van der Waals surface area contributed by atoms with Crippen LogP contribution in [-0.2, 0) is 0 Å². The number of hydrogen-bond donors (Lipinski definition) is 1. The van der Waals surface area contributed by atoms with Gasteiger partial charge in [0.15, 0.2) is 0 Å². The van der Waals surface area contributed by atoms with Crippen molar-refractivity contribution in [2.24, 2.45) is 0 Å². The maximum Gasteiger partial charge on any atom is 0.337 e. The Kier molecular flexibility index (Phi) is 3.38. The lowest BCUT2D eigenvalue weighted by molar-refractivity contribution is 0.0390. The number of fused-ring (bicyclic) bond motifs is 2. The largest absolute Gasteiger partial charge is 0.478 e. The van der Waals surface area contributed by atoms with Crippen LogP contribution in [0.3, 0.4) is 0 Å². The summed E-state index contributed by atoms with van der Waals surface area (Å²) in [5.41, 5.74) is 0.0938. The minimum Gasteiger partial charge on any atom is -0.478 e. The van der Waals surface area contributed by atoms with Gasteiger partial charge in [-0.05, 0) is 38.8 Å². The molecule has 2 bridgehead atoms. The SMILES string of the molecule is CN1C2CCCC1CC(n1cc(C(=O)O)ccc1=O)C2. The van der Waals surface area contributed by atoms with Crippen LogP contribution in [-0.4, -0.2) is 39.7 Å². The van der Waals surface area contributed by atoms with Crippen molar-refractivity contribution < 1.29 is 9.90 Å². The first-order chi connectivity index (χ1) is 9.56. The second-order valence-electron chi connectivity index (χ2n) is 6.00. The second-order valence-corrected chi connectivity index (χ2v) is 6.00. The highest BCUT2D eigenvalue weighted by molar-refractivity contribution is 5.87. The van der Waals surface area contributed by atoms with Gasteiger partial charge in [-0.25, -0.2) is 4.79 Å². The monoisotopic (exact) mass is 276 g/mol. The van der Waals surface area contributed by atoms with Crippen molar-refractivity contribution in [1.82, 2.24) is 9.47 Å². The van der Waals surface area contributed by atoms with Crippen molar-refractivity contribution in [2.75, 3.05) is 7.05 Å². The van der Waals surface area contributed by atoms with Gasteiger partial charge in [-0.1, -0.05) is 6.42 Å². The van der Waals surface area contributed by atoms with Crippen molar-refractivity contribution in [3.63, 3.8) is 0 Å². The van der Waals surface area contributed by atoms with Gasteiger partial charge in [0.25, 0.3) is 5.56 Å². The number of rotatable bonds is 2. The van der Waals surface area contributed by atoms with E-state index in [-0.39, 0.29) is 17.2 Å². The lowest BCUT2D eigenvalue weighted by Crippen LogP contribution is -2.50. The van der Waals surface area contributed by atoms with E-state index in [1.54, 1.807) is 4.57 Å². The maximum atomic E-state index is 12.1. The average Bonchev–Trinajstić information content (AvgIpc) is 2.39. The van der Waals surface area contributed by atoms with Gasteiger partial charge < -0.3 is 14.6 Å². The van der Waals surface area contributed by atoms with E-state index in [0.29, 0.717) is 12.1 Å². The fourth-order valence-corrected chi connectivity index (χ4v) is 3.73. The third-order valence-electron chi connectivity index (χ3n) is 4.89. The van der Waals surface area contributed by atoms with E-state index in [9.17, 15) is 9.59 Å². The standard InChI is InChI=1S/C15H20N2O3/c1-16-11-3-2-4-12(16)8-13(7-11)17-9-10(15(19)20)5-6-14(17)18/h5-6,9,11-13H,2-4,7-8H2,1H3,(H,19,20). The fourth-order valence-electron chi connectivity index (χ4n) is 3.73. The molecule has 0 radical (unpaired) electrons. The zero-order chi connectivity index (χ0) is 14.3. The number of carboxylic acids is 1. The first kappa shape index (κ1) is 13.4. The Bertz CT molecular complexity index is 567. The molecule has 1 aromatic heterocycles. The van der Waals surface area contributed by atoms with E-state index in [2.05, 4.69) is 11.9 Å². The number of aromatic nitrogens is 1. The van der Waals surface area contributed by atoms with Crippen molar-refractivity contribution in [2.45, 2.75) is 50.2 Å². The Morgan fingerprint density at radius 2 is 1.85 bits per heavy atom. The van der Waals surface area contributed by atoms with Crippen LogP contribution in [0.4, 0.5) is 0 Å². The molecule has 0 saturated carbocycles. The van der Waals surface area contributed by atoms with Crippen molar-refractivity contribution in [1.29, 1.82) is 0 Å². The van der Waals surface area contributed by atoms with E-state index in [1.165, 1.54) is 37.6 Å². The summed E-state index contributed by atoms with van der Waals surface area (Å²) in [5.74, 6) is -0.980. The molecular formula is C15H20N2O3. The smallest absolute Gasteiger partial charge is 0.337 e. The zero-order valence-electron chi connectivity index (χ0n) is 11.7. The van der Waals surface area contributed by atoms with Crippen LogP contribution in [0.15, 0.2) is 23.1 Å². The summed E-state index contributed by atoms with van der Waals surface area (Å²) in [7, 11) is 2.17. The molecule has 2 unspecified atom stereocenters. The first-order valence-corrected chi connectivity index (χ1v) is 7.23. The third kappa shape index (κ3) is 2.26. The normalized spacial score (nSPS) is 30.1. The number of hydrogen-bond acceptors (Lipinski definition) is 3. The van der Waals surface area contributed by atoms with Crippen LogP contribution in [0, 0.1) is 0 Å². The minimum absolute atomic E-state index is 0.0948. The van der Waals surface area contributed by atoms with E-state index >= 15 is 0 Å². The number of carboxylic acid groups (broad SMARTS) is 1. The molecule has 0 aromatic carbocycles. The predicted molar refractivity (Wildman–Crippen MR) is 75.1 cm³/mol. The molecule has 0 aliphatic carbocycles. The molecule has 20 heavy (non-hydrogen) atoms. The van der Waals surface area contributed by atoms with Crippen molar-refractivity contribution in [3.05, 3.63) is 34.2 Å². The lowest BCUT2D eigenvalue weighted by atomic mass is 9.82. The predicted octanol–water partition coefficient (Wildman–Crippen LogP) is 1.73. The third-order valence-corrected chi connectivity index (χ3v) is 4.89. The summed E-state index contributed by atoms with van der Waals surface area (Å²) in [6.07, 6.45) is 7.01. The molecular weight excluding hydrogens is 256 g/mol. The highest BCUT2D eigenvalue weighted by Crippen LogP contribution is 2.37. The van der Waals surface area contributed by atoms with E-state index in [4.69, 9.17) is 5.11 Å². The number of piperidine rings is 2. The van der Waals surface area contributed by atoms with Gasteiger partial charge in [0, 0.05) is 30.4 Å². The van der Waals surface area contributed by atoms with Gasteiger partial charge in [0.2, 0.25) is 0 Å². The zero-order valence-corrected chi connectivity index (χ0v) is 11.7. The number of carbonyl (C=O) groups is 1. The molecule has 2 atom stereocenters. The molecule has 5 heteroatoms. The Morgan fingerprint density at radius 1 is 1.20 bits per heavy atom. The van der Waals surface area contributed by atoms with Crippen molar-refractivity contribution >= 4 is 5.97 Å². The van der Waals surface area contributed by atoms with Crippen LogP contribution in [0.1, 0.15) is 48.5 Å². The van der Waals surface area contributed by atoms with Gasteiger partial charge in [-0.15, -0.1) is 0 Å². The number of pyridine rings is 1. The molecule has 5 nitrogen and oxygen atoms in total. The van der Waals surface area contributed by atoms with E-state index in [1.807, 2.05) is 0 Å². The molecule has 1 aromatic rings. The molecule has 3 rings (SSSR count). The summed E-state index contributed by atoms with van der Waals surface area (Å²) in [6.45, 7) is 0. The van der Waals surface area contributed by atoms with Crippen LogP contribution in [0.5, 0.6) is 0 Å². The molecule has 2 fully saturated rings. The van der Waals surface area contributed by atoms with Crippen LogP contribution >= 0.6 is 0 Å². The summed E-state index contributed by atoms with van der Waals surface area (Å²) in [5, 5.41) is 9.08. The summed E-state index contributed by atoms with van der Waals surface area (Å²) >= 11 is 0. The van der Waals surface area contributed by atoms with Gasteiger partial charge >= 0.3 is 5.97 Å². The highest BCUT2D eigenvalue weighted by atomic mass is 16.4. The molecule has 1 N–H and O–H groups in total. The lowest BCUT2D eigenvalue weighted by Gasteiger charge is -2.47. The maximum absolute atomic E-state index is 12.1. The van der Waals surface area contributed by atoms with Gasteiger partial charge in [-0.2, -0.15) is 0 Å². The molecule has 0 amide bonds. The second kappa shape index (κ2) is 5.05. The summed E-state index contributed by atoms with van der Waals surface area (Å²) in [4.78, 5) is 25.6. The number of aromatic carboxylic acids is 1. The topological polar surface area (TPSA) is 62.5 Å². The summed E-state index contributed by atoms with van der Waals surface area (Å²) in [6, 6.07) is 3.93. The van der Waals surface area contributed by atoms with Crippen molar-refractivity contribution in [3.8, 4) is 0 Å². The number of nitrogens with zero attached hydrogens (tertiary/aromatic N) is 2. The Morgan fingerprint density at radius 3 is 2.45 bits per heavy atom. The van der Waals surface area contributed by atoms with Gasteiger partial charge in [0.05, 0.1) is 5.56 Å². The van der Waals surface area contributed by atoms with Gasteiger partial charge in [-0.3, -0.25) is 4.79 Å². The highest BCUT2D eigenvalue weighted by Gasteiger charge is 2.36. The van der Waals surface area contributed by atoms with E-state index < -0.39 is 5.97 Å².